The molecule has 0 fully saturated rings. The van der Waals surface area contributed by atoms with Gasteiger partial charge in [0, 0.05) is 0 Å². The molecule has 0 aromatic carbocycles. The molecule has 31 heavy (non-hydrogen) atoms. The first kappa shape index (κ1) is 39.2. The predicted octanol–water partition coefficient (Wildman–Crippen LogP) is 4.00. The van der Waals surface area contributed by atoms with Crippen LogP contribution in [0, 0.1) is 0 Å². The SMILES string of the molecule is CCCCCCO[PH](=O)[O-].CCCCCCO[PH](=O)[O-].CCCCCCO[PH](=O)[O-].[Fe+3]. The summed E-state index contributed by atoms with van der Waals surface area (Å²) >= 11 is 0. The topological polar surface area (TPSA) is 148 Å². The van der Waals surface area contributed by atoms with Crippen molar-refractivity contribution in [3.63, 3.8) is 0 Å². The quantitative estimate of drug-likeness (QED) is 0.140. The number of rotatable bonds is 18. The van der Waals surface area contributed by atoms with E-state index in [4.69, 9.17) is 0 Å². The van der Waals surface area contributed by atoms with E-state index in [9.17, 15) is 28.4 Å². The molecule has 1 radical (unpaired) electrons. The molecule has 9 nitrogen and oxygen atoms in total. The second kappa shape index (κ2) is 35.6. The van der Waals surface area contributed by atoms with Crippen LogP contribution in [0.3, 0.4) is 0 Å². The summed E-state index contributed by atoms with van der Waals surface area (Å²) in [6.45, 7) is 7.41. The zero-order valence-electron chi connectivity index (χ0n) is 19.1. The van der Waals surface area contributed by atoms with Gasteiger partial charge in [0.15, 0.2) is 0 Å². The molecular formula is C18H42FeO9P3. The van der Waals surface area contributed by atoms with Gasteiger partial charge < -0.3 is 41.9 Å². The molecule has 3 unspecified atom stereocenters. The van der Waals surface area contributed by atoms with Gasteiger partial charge >= 0.3 is 17.1 Å². The van der Waals surface area contributed by atoms with E-state index in [1.807, 2.05) is 0 Å². The zero-order chi connectivity index (χ0) is 23.5. The molecule has 0 aliphatic carbocycles. The van der Waals surface area contributed by atoms with Crippen LogP contribution >= 0.6 is 24.8 Å². The summed E-state index contributed by atoms with van der Waals surface area (Å²) in [5.74, 6) is 0. The van der Waals surface area contributed by atoms with Crippen LogP contribution in [-0.4, -0.2) is 19.8 Å². The minimum absolute atomic E-state index is 0. The summed E-state index contributed by atoms with van der Waals surface area (Å²) in [5.41, 5.74) is 0. The van der Waals surface area contributed by atoms with E-state index in [1.165, 1.54) is 0 Å². The monoisotopic (exact) mass is 551 g/mol. The van der Waals surface area contributed by atoms with Gasteiger partial charge in [-0.15, -0.1) is 0 Å². The molecule has 0 bridgehead atoms. The van der Waals surface area contributed by atoms with Gasteiger partial charge in [-0.2, -0.15) is 0 Å². The first-order valence-corrected chi connectivity index (χ1v) is 14.5. The second-order valence-electron chi connectivity index (χ2n) is 6.48. The van der Waals surface area contributed by atoms with Gasteiger partial charge in [0.1, 0.15) is 24.8 Å². The third kappa shape index (κ3) is 53.8. The Labute approximate surface area is 201 Å². The van der Waals surface area contributed by atoms with Crippen molar-refractivity contribution >= 4 is 24.8 Å². The minimum atomic E-state index is -2.92. The molecule has 0 heterocycles. The summed E-state index contributed by atoms with van der Waals surface area (Å²) in [5, 5.41) is 0. The van der Waals surface area contributed by atoms with Gasteiger partial charge in [0.05, 0.1) is 19.8 Å². The first-order valence-electron chi connectivity index (χ1n) is 10.8. The molecule has 0 aromatic rings. The summed E-state index contributed by atoms with van der Waals surface area (Å²) < 4.78 is 42.8. The maximum Gasteiger partial charge on any atom is 3.00 e. The number of hydrogen-bond donors (Lipinski definition) is 0. The van der Waals surface area contributed by atoms with Crippen LogP contribution in [-0.2, 0) is 44.3 Å². The molecule has 0 aliphatic rings. The molecule has 0 aliphatic heterocycles. The van der Waals surface area contributed by atoms with E-state index in [1.54, 1.807) is 0 Å². The third-order valence-corrected chi connectivity index (χ3v) is 4.97. The minimum Gasteiger partial charge on any atom is -0.781 e. The summed E-state index contributed by atoms with van der Waals surface area (Å²) in [6.07, 6.45) is 12.7. The third-order valence-electron chi connectivity index (χ3n) is 3.65. The van der Waals surface area contributed by atoms with Crippen molar-refractivity contribution in [2.75, 3.05) is 19.8 Å². The van der Waals surface area contributed by atoms with Crippen molar-refractivity contribution in [2.24, 2.45) is 0 Å². The first-order chi connectivity index (χ1) is 14.3. The van der Waals surface area contributed by atoms with Gasteiger partial charge in [-0.25, -0.2) is 0 Å². The number of hydrogen-bond acceptors (Lipinski definition) is 9. The Bertz CT molecular complexity index is 348. The average Bonchev–Trinajstić information content (AvgIpc) is 2.68. The number of unbranched alkanes of at least 4 members (excludes halogenated alkanes) is 9. The second-order valence-corrected chi connectivity index (χ2v) is 8.84. The molecule has 0 aromatic heterocycles. The van der Waals surface area contributed by atoms with E-state index >= 15 is 0 Å². The van der Waals surface area contributed by atoms with Crippen molar-refractivity contribution in [3.05, 3.63) is 0 Å². The fraction of sp³-hybridized carbons (Fsp3) is 1.00. The van der Waals surface area contributed by atoms with Crippen LogP contribution in [0.1, 0.15) is 97.8 Å². The Morgan fingerprint density at radius 1 is 0.484 bits per heavy atom. The van der Waals surface area contributed by atoms with E-state index < -0.39 is 24.8 Å². The maximum absolute atomic E-state index is 9.88. The Morgan fingerprint density at radius 2 is 0.710 bits per heavy atom. The molecule has 0 saturated carbocycles. The van der Waals surface area contributed by atoms with Gasteiger partial charge in [-0.3, -0.25) is 0 Å². The van der Waals surface area contributed by atoms with E-state index in [-0.39, 0.29) is 17.1 Å². The molecule has 0 saturated heterocycles. The summed E-state index contributed by atoms with van der Waals surface area (Å²) in [4.78, 5) is 29.7. The van der Waals surface area contributed by atoms with Crippen LogP contribution < -0.4 is 14.7 Å². The van der Waals surface area contributed by atoms with Crippen molar-refractivity contribution < 1.29 is 59.0 Å². The van der Waals surface area contributed by atoms with Gasteiger partial charge in [0.25, 0.3) is 0 Å². The fourth-order valence-corrected chi connectivity index (χ4v) is 2.99. The van der Waals surface area contributed by atoms with Gasteiger partial charge in [0.2, 0.25) is 0 Å². The molecule has 0 amide bonds. The maximum atomic E-state index is 9.88. The van der Waals surface area contributed by atoms with E-state index in [0.29, 0.717) is 19.8 Å². The fourth-order valence-electron chi connectivity index (χ4n) is 2.05. The van der Waals surface area contributed by atoms with Crippen LogP contribution in [0.5, 0.6) is 0 Å². The van der Waals surface area contributed by atoms with Crippen LogP contribution in [0.2, 0.25) is 0 Å². The van der Waals surface area contributed by atoms with Crippen molar-refractivity contribution in [1.82, 2.24) is 0 Å². The van der Waals surface area contributed by atoms with Crippen LogP contribution in [0.25, 0.3) is 0 Å². The zero-order valence-corrected chi connectivity index (χ0v) is 23.2. The normalized spacial score (nSPS) is 13.0. The van der Waals surface area contributed by atoms with Crippen molar-refractivity contribution in [2.45, 2.75) is 97.8 Å². The van der Waals surface area contributed by atoms with Crippen molar-refractivity contribution in [3.8, 4) is 0 Å². The van der Waals surface area contributed by atoms with Gasteiger partial charge in [-0.1, -0.05) is 78.6 Å². The Hall–Kier alpha value is 0.969. The molecule has 3 atom stereocenters. The van der Waals surface area contributed by atoms with Crippen molar-refractivity contribution in [1.29, 1.82) is 0 Å². The molecular weight excluding hydrogens is 509 g/mol. The van der Waals surface area contributed by atoms with E-state index in [0.717, 1.165) is 77.0 Å². The molecule has 0 rings (SSSR count). The summed E-state index contributed by atoms with van der Waals surface area (Å²) in [7, 11) is -8.77. The predicted molar refractivity (Wildman–Crippen MR) is 117 cm³/mol. The van der Waals surface area contributed by atoms with Gasteiger partial charge in [-0.05, 0) is 19.3 Å². The van der Waals surface area contributed by atoms with Crippen LogP contribution in [0.15, 0.2) is 0 Å². The Kier molecular flexibility index (Phi) is 45.0. The average molecular weight is 551 g/mol. The largest absolute Gasteiger partial charge is 3.00 e. The Morgan fingerprint density at radius 3 is 0.871 bits per heavy atom. The summed E-state index contributed by atoms with van der Waals surface area (Å²) in [6, 6.07) is 0. The Balaban J connectivity index is -0.000000174. The standard InChI is InChI=1S/3C6H15O3P.Fe/c3*1-2-3-4-5-6-9-10(7)8;/h3*10H,2-6H2,1H3,(H,7,8);/q;;;+3/p-3. The molecule has 0 N–H and O–H groups in total. The molecule has 191 valence electrons. The van der Waals surface area contributed by atoms with E-state index in [2.05, 4.69) is 34.3 Å². The smallest absolute Gasteiger partial charge is 0.781 e. The molecule has 0 spiro atoms. The van der Waals surface area contributed by atoms with Crippen LogP contribution in [0.4, 0.5) is 0 Å². The molecule has 13 heteroatoms.